The number of benzene rings is 2. The van der Waals surface area contributed by atoms with E-state index >= 15 is 0 Å². The Labute approximate surface area is 99.1 Å². The third kappa shape index (κ3) is 2.91. The lowest BCUT2D eigenvalue weighted by molar-refractivity contribution is -0.114. The highest BCUT2D eigenvalue weighted by atomic mass is 19.1. The minimum Gasteiger partial charge on any atom is -0.326 e. The van der Waals surface area contributed by atoms with Crippen molar-refractivity contribution >= 4 is 11.6 Å². The first-order valence-corrected chi connectivity index (χ1v) is 5.29. The Hall–Kier alpha value is -2.16. The molecule has 17 heavy (non-hydrogen) atoms. The van der Waals surface area contributed by atoms with Gasteiger partial charge < -0.3 is 5.32 Å². The van der Waals surface area contributed by atoms with Gasteiger partial charge >= 0.3 is 0 Å². The van der Waals surface area contributed by atoms with Gasteiger partial charge in [0.2, 0.25) is 5.91 Å². The molecule has 0 aliphatic rings. The van der Waals surface area contributed by atoms with Gasteiger partial charge in [-0.05, 0) is 35.4 Å². The summed E-state index contributed by atoms with van der Waals surface area (Å²) in [7, 11) is 0. The number of amides is 1. The Morgan fingerprint density at radius 3 is 2.35 bits per heavy atom. The summed E-state index contributed by atoms with van der Waals surface area (Å²) < 4.78 is 13.0. The first kappa shape index (κ1) is 11.3. The molecule has 0 fully saturated rings. The summed E-state index contributed by atoms with van der Waals surface area (Å²) in [5.74, 6) is -0.364. The van der Waals surface area contributed by atoms with Gasteiger partial charge in [-0.2, -0.15) is 0 Å². The SMILES string of the molecule is CC(=O)Nc1ccc(-c2cccc(F)c2)cc1. The molecule has 0 aromatic heterocycles. The van der Waals surface area contributed by atoms with Gasteiger partial charge in [0, 0.05) is 12.6 Å². The summed E-state index contributed by atoms with van der Waals surface area (Å²) in [5.41, 5.74) is 2.47. The minimum atomic E-state index is -0.256. The molecule has 0 heterocycles. The number of halogens is 1. The Kier molecular flexibility index (Phi) is 3.19. The second-order valence-electron chi connectivity index (χ2n) is 3.77. The standard InChI is InChI=1S/C14H12FNO/c1-10(17)16-14-7-5-11(6-8-14)12-3-2-4-13(15)9-12/h2-9H,1H3,(H,16,17). The second kappa shape index (κ2) is 4.78. The van der Waals surface area contributed by atoms with Crippen LogP contribution in [-0.4, -0.2) is 5.91 Å². The van der Waals surface area contributed by atoms with E-state index in [1.54, 1.807) is 18.2 Å². The summed E-state index contributed by atoms with van der Waals surface area (Å²) >= 11 is 0. The zero-order valence-electron chi connectivity index (χ0n) is 9.41. The third-order valence-corrected chi connectivity index (χ3v) is 2.36. The molecule has 86 valence electrons. The topological polar surface area (TPSA) is 29.1 Å². The summed E-state index contributed by atoms with van der Waals surface area (Å²) in [5, 5.41) is 2.68. The predicted octanol–water partition coefficient (Wildman–Crippen LogP) is 3.45. The highest BCUT2D eigenvalue weighted by Crippen LogP contribution is 2.21. The van der Waals surface area contributed by atoms with Gasteiger partial charge in [0.1, 0.15) is 5.82 Å². The van der Waals surface area contributed by atoms with Gasteiger partial charge in [0.25, 0.3) is 0 Å². The van der Waals surface area contributed by atoms with Crippen molar-refractivity contribution in [1.29, 1.82) is 0 Å². The highest BCUT2D eigenvalue weighted by Gasteiger charge is 2.00. The van der Waals surface area contributed by atoms with E-state index in [1.807, 2.05) is 18.2 Å². The first-order chi connectivity index (χ1) is 8.15. The van der Waals surface area contributed by atoms with Crippen LogP contribution < -0.4 is 5.32 Å². The fourth-order valence-corrected chi connectivity index (χ4v) is 1.62. The molecule has 2 aromatic carbocycles. The van der Waals surface area contributed by atoms with Crippen molar-refractivity contribution in [2.75, 3.05) is 5.32 Å². The maximum absolute atomic E-state index is 13.0. The van der Waals surface area contributed by atoms with Crippen LogP contribution in [0.1, 0.15) is 6.92 Å². The number of hydrogen-bond acceptors (Lipinski definition) is 1. The molecule has 3 heteroatoms. The quantitative estimate of drug-likeness (QED) is 0.839. The van der Waals surface area contributed by atoms with Crippen molar-refractivity contribution in [2.45, 2.75) is 6.92 Å². The maximum atomic E-state index is 13.0. The fourth-order valence-electron chi connectivity index (χ4n) is 1.62. The molecule has 2 nitrogen and oxygen atoms in total. The van der Waals surface area contributed by atoms with E-state index in [-0.39, 0.29) is 11.7 Å². The average Bonchev–Trinajstić information content (AvgIpc) is 2.29. The molecule has 0 unspecified atom stereocenters. The predicted molar refractivity (Wildman–Crippen MR) is 66.1 cm³/mol. The van der Waals surface area contributed by atoms with Gasteiger partial charge in [-0.25, -0.2) is 4.39 Å². The van der Waals surface area contributed by atoms with Crippen molar-refractivity contribution in [2.24, 2.45) is 0 Å². The molecule has 0 atom stereocenters. The van der Waals surface area contributed by atoms with Crippen LogP contribution >= 0.6 is 0 Å². The van der Waals surface area contributed by atoms with Gasteiger partial charge in [0.05, 0.1) is 0 Å². The largest absolute Gasteiger partial charge is 0.326 e. The molecule has 2 aromatic rings. The first-order valence-electron chi connectivity index (χ1n) is 5.29. The molecule has 0 saturated carbocycles. The Morgan fingerprint density at radius 1 is 1.06 bits per heavy atom. The summed E-state index contributed by atoms with van der Waals surface area (Å²) in [6.07, 6.45) is 0. The van der Waals surface area contributed by atoms with E-state index < -0.39 is 0 Å². The maximum Gasteiger partial charge on any atom is 0.221 e. The lowest BCUT2D eigenvalue weighted by Crippen LogP contribution is -2.05. The molecule has 0 spiro atoms. The van der Waals surface area contributed by atoms with Crippen LogP contribution in [0.4, 0.5) is 10.1 Å². The number of nitrogens with one attached hydrogen (secondary N) is 1. The van der Waals surface area contributed by atoms with Gasteiger partial charge in [0.15, 0.2) is 0 Å². The van der Waals surface area contributed by atoms with Crippen LogP contribution in [0.15, 0.2) is 48.5 Å². The van der Waals surface area contributed by atoms with E-state index in [1.165, 1.54) is 19.1 Å². The summed E-state index contributed by atoms with van der Waals surface area (Å²) in [6.45, 7) is 1.46. The lowest BCUT2D eigenvalue weighted by Gasteiger charge is -2.05. The summed E-state index contributed by atoms with van der Waals surface area (Å²) in [6, 6.07) is 13.7. The zero-order valence-corrected chi connectivity index (χ0v) is 9.41. The molecule has 0 aliphatic carbocycles. The Balaban J connectivity index is 2.26. The second-order valence-corrected chi connectivity index (χ2v) is 3.77. The van der Waals surface area contributed by atoms with E-state index in [0.29, 0.717) is 0 Å². The van der Waals surface area contributed by atoms with Crippen LogP contribution in [0.25, 0.3) is 11.1 Å². The number of hydrogen-bond donors (Lipinski definition) is 1. The van der Waals surface area contributed by atoms with Crippen LogP contribution in [0.2, 0.25) is 0 Å². The number of anilines is 1. The fraction of sp³-hybridized carbons (Fsp3) is 0.0714. The average molecular weight is 229 g/mol. The molecule has 0 bridgehead atoms. The van der Waals surface area contributed by atoms with Gasteiger partial charge in [-0.1, -0.05) is 24.3 Å². The number of carbonyl (C=O) groups is 1. The lowest BCUT2D eigenvalue weighted by atomic mass is 10.1. The molecule has 1 amide bonds. The minimum absolute atomic E-state index is 0.108. The molecule has 0 saturated heterocycles. The molecular formula is C14H12FNO. The number of rotatable bonds is 2. The number of carbonyl (C=O) groups excluding carboxylic acids is 1. The monoisotopic (exact) mass is 229 g/mol. The van der Waals surface area contributed by atoms with Crippen molar-refractivity contribution in [3.63, 3.8) is 0 Å². The van der Waals surface area contributed by atoms with Gasteiger partial charge in [-0.15, -0.1) is 0 Å². The van der Waals surface area contributed by atoms with Crippen LogP contribution in [-0.2, 0) is 4.79 Å². The van der Waals surface area contributed by atoms with E-state index in [4.69, 9.17) is 0 Å². The van der Waals surface area contributed by atoms with E-state index in [0.717, 1.165) is 16.8 Å². The van der Waals surface area contributed by atoms with Crippen molar-refractivity contribution in [3.8, 4) is 11.1 Å². The van der Waals surface area contributed by atoms with Gasteiger partial charge in [-0.3, -0.25) is 4.79 Å². The zero-order chi connectivity index (χ0) is 12.3. The van der Waals surface area contributed by atoms with Crippen LogP contribution in [0, 0.1) is 5.82 Å². The van der Waals surface area contributed by atoms with Crippen molar-refractivity contribution < 1.29 is 9.18 Å². The molecule has 0 radical (unpaired) electrons. The van der Waals surface area contributed by atoms with Crippen LogP contribution in [0.3, 0.4) is 0 Å². The molecular weight excluding hydrogens is 217 g/mol. The Bertz CT molecular complexity index is 534. The molecule has 2 rings (SSSR count). The van der Waals surface area contributed by atoms with Crippen LogP contribution in [0.5, 0.6) is 0 Å². The van der Waals surface area contributed by atoms with Crippen molar-refractivity contribution in [1.82, 2.24) is 0 Å². The smallest absolute Gasteiger partial charge is 0.221 e. The van der Waals surface area contributed by atoms with E-state index in [2.05, 4.69) is 5.32 Å². The molecule has 0 aliphatic heterocycles. The van der Waals surface area contributed by atoms with E-state index in [9.17, 15) is 9.18 Å². The Morgan fingerprint density at radius 2 is 1.76 bits per heavy atom. The molecule has 1 N–H and O–H groups in total. The third-order valence-electron chi connectivity index (χ3n) is 2.36. The van der Waals surface area contributed by atoms with Crippen molar-refractivity contribution in [3.05, 3.63) is 54.3 Å². The normalized spacial score (nSPS) is 10.0. The highest BCUT2D eigenvalue weighted by molar-refractivity contribution is 5.88. The summed E-state index contributed by atoms with van der Waals surface area (Å²) in [4.78, 5) is 10.9.